The van der Waals surface area contributed by atoms with E-state index in [2.05, 4.69) is 17.1 Å². The zero-order valence-corrected chi connectivity index (χ0v) is 23.1. The summed E-state index contributed by atoms with van der Waals surface area (Å²) in [6.07, 6.45) is 12.7. The summed E-state index contributed by atoms with van der Waals surface area (Å²) < 4.78 is 43.5. The third-order valence-corrected chi connectivity index (χ3v) is 7.09. The van der Waals surface area contributed by atoms with E-state index in [1.54, 1.807) is 12.3 Å². The van der Waals surface area contributed by atoms with Crippen molar-refractivity contribution in [3.05, 3.63) is 71.3 Å². The Bertz CT molecular complexity index is 992. The Labute approximate surface area is 230 Å². The van der Waals surface area contributed by atoms with E-state index >= 15 is 0 Å². The molecule has 1 fully saturated rings. The van der Waals surface area contributed by atoms with Gasteiger partial charge in [-0.3, -0.25) is 4.98 Å². The molecule has 1 aromatic heterocycles. The summed E-state index contributed by atoms with van der Waals surface area (Å²) in [4.78, 5) is 16.1. The van der Waals surface area contributed by atoms with Gasteiger partial charge in [-0.1, -0.05) is 51.3 Å². The first-order valence-corrected chi connectivity index (χ1v) is 13.9. The van der Waals surface area contributed by atoms with Gasteiger partial charge in [-0.05, 0) is 68.2 Å². The van der Waals surface area contributed by atoms with Crippen LogP contribution in [0.2, 0.25) is 0 Å². The van der Waals surface area contributed by atoms with Crippen molar-refractivity contribution >= 4 is 5.97 Å². The van der Waals surface area contributed by atoms with Crippen molar-refractivity contribution in [3.8, 4) is 5.75 Å². The number of carbonyl (C=O) groups excluding carboxylic acids is 1. The van der Waals surface area contributed by atoms with Crippen molar-refractivity contribution in [1.29, 1.82) is 0 Å². The topological polar surface area (TPSA) is 68.7 Å². The summed E-state index contributed by atoms with van der Waals surface area (Å²) in [5, 5.41) is 10.2. The molecule has 1 atom stereocenters. The Kier molecular flexibility index (Phi) is 14.5. The maximum absolute atomic E-state index is 12.6. The average Bonchev–Trinajstić information content (AvgIpc) is 2.96. The summed E-state index contributed by atoms with van der Waals surface area (Å²) in [5.41, 5.74) is 2.01. The van der Waals surface area contributed by atoms with Crippen molar-refractivity contribution in [2.75, 3.05) is 6.93 Å². The highest BCUT2D eigenvalue weighted by atomic mass is 19.3. The molecular formula is C31H42F3NO4. The molecule has 2 aromatic rings. The van der Waals surface area contributed by atoms with Crippen molar-refractivity contribution in [2.45, 2.75) is 96.9 Å². The summed E-state index contributed by atoms with van der Waals surface area (Å²) >= 11 is 0. The molecule has 1 N–H and O–H groups in total. The van der Waals surface area contributed by atoms with Gasteiger partial charge in [-0.2, -0.15) is 0 Å². The van der Waals surface area contributed by atoms with E-state index in [1.165, 1.54) is 30.9 Å². The van der Waals surface area contributed by atoms with Gasteiger partial charge in [-0.25, -0.2) is 18.0 Å². The average molecular weight is 550 g/mol. The number of nitrogens with zero attached hydrogens (tertiary/aromatic N) is 1. The highest BCUT2D eigenvalue weighted by molar-refractivity contribution is 5.83. The molecule has 0 bridgehead atoms. The maximum atomic E-state index is 12.6. The highest BCUT2D eigenvalue weighted by Gasteiger charge is 2.44. The van der Waals surface area contributed by atoms with Crippen LogP contribution in [-0.4, -0.2) is 28.6 Å². The lowest BCUT2D eigenvalue weighted by Gasteiger charge is -2.43. The fourth-order valence-electron chi connectivity index (χ4n) is 5.25. The van der Waals surface area contributed by atoms with Crippen molar-refractivity contribution < 1.29 is 32.5 Å². The Morgan fingerprint density at radius 1 is 1.00 bits per heavy atom. The van der Waals surface area contributed by atoms with Gasteiger partial charge in [0.2, 0.25) is 6.93 Å². The van der Waals surface area contributed by atoms with E-state index in [1.807, 2.05) is 32.0 Å². The Morgan fingerprint density at radius 3 is 2.26 bits per heavy atom. The largest absolute Gasteiger partial charge is 0.512 e. The molecule has 0 radical (unpaired) electrons. The van der Waals surface area contributed by atoms with E-state index in [-0.39, 0.29) is 5.76 Å². The predicted molar refractivity (Wildman–Crippen MR) is 147 cm³/mol. The molecule has 216 valence electrons. The van der Waals surface area contributed by atoms with Crippen LogP contribution in [-0.2, 0) is 29.2 Å². The van der Waals surface area contributed by atoms with Gasteiger partial charge < -0.3 is 14.6 Å². The number of hydrogen-bond donors (Lipinski definition) is 1. The number of aromatic nitrogens is 1. The molecule has 0 saturated heterocycles. The number of esters is 1. The molecule has 1 aliphatic carbocycles. The van der Waals surface area contributed by atoms with E-state index < -0.39 is 25.2 Å². The van der Waals surface area contributed by atoms with Crippen LogP contribution in [0.25, 0.3) is 0 Å². The SMILES string of the molecule is CC.FCF.O=C1C=C(O)CC(CCCCc2ccc(OCc3ccc(CF)nc3)cc2)(C2CCCCC2)O1. The monoisotopic (exact) mass is 549 g/mol. The zero-order valence-electron chi connectivity index (χ0n) is 23.1. The number of hydrogen-bond acceptors (Lipinski definition) is 5. The highest BCUT2D eigenvalue weighted by Crippen LogP contribution is 2.43. The normalized spacial score (nSPS) is 19.0. The van der Waals surface area contributed by atoms with Gasteiger partial charge in [0.05, 0.1) is 11.8 Å². The number of pyridine rings is 1. The smallest absolute Gasteiger partial charge is 0.334 e. The number of carbonyl (C=O) groups is 1. The fraction of sp³-hybridized carbons (Fsp3) is 0.548. The molecule has 1 saturated carbocycles. The molecule has 0 spiro atoms. The van der Waals surface area contributed by atoms with E-state index in [9.17, 15) is 23.1 Å². The number of aliphatic hydroxyl groups excluding tert-OH is 1. The summed E-state index contributed by atoms with van der Waals surface area (Å²) in [6.45, 7) is 2.08. The van der Waals surface area contributed by atoms with Crippen LogP contribution in [0, 0.1) is 5.92 Å². The number of rotatable bonds is 10. The Hall–Kier alpha value is -3.03. The molecule has 1 aliphatic heterocycles. The van der Waals surface area contributed by atoms with Gasteiger partial charge in [0, 0.05) is 18.2 Å². The summed E-state index contributed by atoms with van der Waals surface area (Å²) in [7, 11) is 0. The second kappa shape index (κ2) is 17.5. The van der Waals surface area contributed by atoms with Crippen LogP contribution in [0.1, 0.15) is 88.5 Å². The second-order valence-corrected chi connectivity index (χ2v) is 9.67. The van der Waals surface area contributed by atoms with E-state index in [0.717, 1.165) is 49.8 Å². The minimum atomic E-state index is -1.75. The van der Waals surface area contributed by atoms with Crippen molar-refractivity contribution in [1.82, 2.24) is 4.98 Å². The van der Waals surface area contributed by atoms with Crippen LogP contribution in [0.4, 0.5) is 13.2 Å². The summed E-state index contributed by atoms with van der Waals surface area (Å²) in [5.74, 6) is 0.873. The first kappa shape index (κ1) is 32.2. The molecule has 1 aromatic carbocycles. The van der Waals surface area contributed by atoms with Gasteiger partial charge in [0.1, 0.15) is 30.4 Å². The number of unbranched alkanes of at least 4 members (excludes halogenated alkanes) is 1. The van der Waals surface area contributed by atoms with Crippen LogP contribution in [0.5, 0.6) is 5.75 Å². The molecule has 39 heavy (non-hydrogen) atoms. The quantitative estimate of drug-likeness (QED) is 0.238. The van der Waals surface area contributed by atoms with E-state index in [4.69, 9.17) is 9.47 Å². The van der Waals surface area contributed by atoms with Crippen molar-refractivity contribution in [3.63, 3.8) is 0 Å². The van der Waals surface area contributed by atoms with Crippen LogP contribution in [0.15, 0.2) is 54.4 Å². The van der Waals surface area contributed by atoms with Gasteiger partial charge in [0.25, 0.3) is 0 Å². The molecular weight excluding hydrogens is 507 g/mol. The second-order valence-electron chi connectivity index (χ2n) is 9.67. The lowest BCUT2D eigenvalue weighted by molar-refractivity contribution is -0.167. The predicted octanol–water partition coefficient (Wildman–Crippen LogP) is 8.46. The molecule has 1 unspecified atom stereocenters. The minimum Gasteiger partial charge on any atom is -0.512 e. The van der Waals surface area contributed by atoms with Gasteiger partial charge in [-0.15, -0.1) is 0 Å². The van der Waals surface area contributed by atoms with Gasteiger partial charge in [0.15, 0.2) is 0 Å². The number of alkyl halides is 3. The van der Waals surface area contributed by atoms with Gasteiger partial charge >= 0.3 is 5.97 Å². The number of ether oxygens (including phenoxy) is 2. The molecule has 2 aliphatic rings. The summed E-state index contributed by atoms with van der Waals surface area (Å²) in [6, 6.07) is 11.6. The number of benzene rings is 1. The van der Waals surface area contributed by atoms with Crippen LogP contribution >= 0.6 is 0 Å². The number of aliphatic hydroxyl groups is 1. The maximum Gasteiger partial charge on any atom is 0.334 e. The van der Waals surface area contributed by atoms with Crippen LogP contribution < -0.4 is 4.74 Å². The lowest BCUT2D eigenvalue weighted by Crippen LogP contribution is -2.46. The third-order valence-electron chi connectivity index (χ3n) is 7.09. The Morgan fingerprint density at radius 2 is 1.67 bits per heavy atom. The first-order valence-electron chi connectivity index (χ1n) is 13.9. The number of halogens is 3. The first-order chi connectivity index (χ1) is 19.0. The lowest BCUT2D eigenvalue weighted by atomic mass is 9.71. The Balaban J connectivity index is 0.000000998. The number of aryl methyl sites for hydroxylation is 1. The standard InChI is InChI=1S/C28H34FNO4.C2H6.CH2F2/c29-18-24-12-9-22(19-30-24)20-33-26-13-10-21(11-14-26)6-4-5-15-28(23-7-2-1-3-8-23)17-25(31)16-27(32)34-28;1-2;2-1-3/h9-14,16,19,23,31H,1-8,15,17-18,20H2;1-2H3;1H2. The zero-order chi connectivity index (χ0) is 28.5. The van der Waals surface area contributed by atoms with Crippen molar-refractivity contribution in [2.24, 2.45) is 5.92 Å². The molecule has 5 nitrogen and oxygen atoms in total. The third kappa shape index (κ3) is 10.6. The molecule has 8 heteroatoms. The number of cyclic esters (lactones) is 1. The fourth-order valence-corrected chi connectivity index (χ4v) is 5.25. The minimum absolute atomic E-state index is 0.159. The molecule has 4 rings (SSSR count). The molecule has 0 amide bonds. The molecule has 2 heterocycles. The van der Waals surface area contributed by atoms with E-state index in [0.29, 0.717) is 24.6 Å². The van der Waals surface area contributed by atoms with Crippen LogP contribution in [0.3, 0.4) is 0 Å².